The first-order valence-corrected chi connectivity index (χ1v) is 7.74. The lowest BCUT2D eigenvalue weighted by Crippen LogP contribution is -2.26. The summed E-state index contributed by atoms with van der Waals surface area (Å²) in [6, 6.07) is 5.84. The molecular formula is C17H27NO2. The molecule has 2 unspecified atom stereocenters. The average Bonchev–Trinajstić information content (AvgIpc) is 2.46. The van der Waals surface area contributed by atoms with Crippen molar-refractivity contribution in [2.45, 2.75) is 58.1 Å². The largest absolute Gasteiger partial charge is 0.496 e. The summed E-state index contributed by atoms with van der Waals surface area (Å²) in [7, 11) is 1.68. The minimum atomic E-state index is -0.0910. The fraction of sp³-hybridized carbons (Fsp3) is 0.647. The van der Waals surface area contributed by atoms with Gasteiger partial charge in [-0.1, -0.05) is 25.8 Å². The molecule has 1 fully saturated rings. The van der Waals surface area contributed by atoms with E-state index in [1.165, 1.54) is 19.3 Å². The molecule has 2 N–H and O–H groups in total. The van der Waals surface area contributed by atoms with E-state index < -0.39 is 0 Å². The highest BCUT2D eigenvalue weighted by Crippen LogP contribution is 2.36. The first-order valence-electron chi connectivity index (χ1n) is 7.74. The molecule has 1 aliphatic rings. The van der Waals surface area contributed by atoms with Gasteiger partial charge in [0.25, 0.3) is 0 Å². The first-order chi connectivity index (χ1) is 9.65. The van der Waals surface area contributed by atoms with Crippen LogP contribution in [0.15, 0.2) is 18.2 Å². The van der Waals surface area contributed by atoms with Gasteiger partial charge in [0.15, 0.2) is 0 Å². The lowest BCUT2D eigenvalue weighted by atomic mass is 9.85. The predicted molar refractivity (Wildman–Crippen MR) is 82.3 cm³/mol. The zero-order chi connectivity index (χ0) is 14.5. The molecule has 0 aromatic heterocycles. The van der Waals surface area contributed by atoms with E-state index in [2.05, 4.69) is 6.92 Å². The van der Waals surface area contributed by atoms with Crippen LogP contribution in [0.5, 0.6) is 11.5 Å². The van der Waals surface area contributed by atoms with Crippen molar-refractivity contribution in [2.75, 3.05) is 7.11 Å². The Morgan fingerprint density at radius 3 is 2.70 bits per heavy atom. The molecule has 112 valence electrons. The summed E-state index contributed by atoms with van der Waals surface area (Å²) < 4.78 is 11.7. The van der Waals surface area contributed by atoms with Crippen molar-refractivity contribution < 1.29 is 9.47 Å². The standard InChI is InChI=1S/C17H27NO2/c1-4-13-7-5-8-14(11-13)20-16-10-6-9-15(19-3)17(16)12(2)18/h6,9-10,12-14H,4-5,7-8,11,18H2,1-3H3/t12-,13?,14?/m1/s1. The third kappa shape index (κ3) is 3.45. The van der Waals surface area contributed by atoms with E-state index in [1.54, 1.807) is 7.11 Å². The summed E-state index contributed by atoms with van der Waals surface area (Å²) in [5, 5.41) is 0. The van der Waals surface area contributed by atoms with Crippen molar-refractivity contribution in [1.29, 1.82) is 0 Å². The molecule has 2 rings (SSSR count). The van der Waals surface area contributed by atoms with E-state index in [9.17, 15) is 0 Å². The zero-order valence-corrected chi connectivity index (χ0v) is 12.9. The van der Waals surface area contributed by atoms with Gasteiger partial charge in [0.1, 0.15) is 11.5 Å². The summed E-state index contributed by atoms with van der Waals surface area (Å²) in [5.74, 6) is 2.51. The summed E-state index contributed by atoms with van der Waals surface area (Å²) in [6.07, 6.45) is 6.48. The van der Waals surface area contributed by atoms with Crippen LogP contribution in [0.1, 0.15) is 57.6 Å². The van der Waals surface area contributed by atoms with Crippen LogP contribution in [0.2, 0.25) is 0 Å². The van der Waals surface area contributed by atoms with Gasteiger partial charge in [0.05, 0.1) is 18.8 Å². The molecule has 0 aliphatic heterocycles. The minimum Gasteiger partial charge on any atom is -0.496 e. The van der Waals surface area contributed by atoms with Gasteiger partial charge in [-0.05, 0) is 44.2 Å². The molecule has 0 bridgehead atoms. The topological polar surface area (TPSA) is 44.5 Å². The van der Waals surface area contributed by atoms with E-state index in [0.717, 1.165) is 35.8 Å². The van der Waals surface area contributed by atoms with Crippen LogP contribution in [-0.2, 0) is 0 Å². The van der Waals surface area contributed by atoms with Gasteiger partial charge in [-0.3, -0.25) is 0 Å². The number of benzene rings is 1. The van der Waals surface area contributed by atoms with Crippen LogP contribution in [0.3, 0.4) is 0 Å². The highest BCUT2D eigenvalue weighted by molar-refractivity contribution is 5.46. The molecule has 0 radical (unpaired) electrons. The second-order valence-electron chi connectivity index (χ2n) is 5.84. The molecule has 3 atom stereocenters. The number of nitrogens with two attached hydrogens (primary N) is 1. The minimum absolute atomic E-state index is 0.0910. The quantitative estimate of drug-likeness (QED) is 0.882. The lowest BCUT2D eigenvalue weighted by Gasteiger charge is -2.30. The van der Waals surface area contributed by atoms with Crippen molar-refractivity contribution in [1.82, 2.24) is 0 Å². The number of rotatable bonds is 5. The highest BCUT2D eigenvalue weighted by Gasteiger charge is 2.24. The predicted octanol–water partition coefficient (Wildman–Crippen LogP) is 4.06. The molecule has 0 saturated heterocycles. The fourth-order valence-electron chi connectivity index (χ4n) is 3.15. The Bertz CT molecular complexity index is 431. The molecule has 1 saturated carbocycles. The molecular weight excluding hydrogens is 250 g/mol. The summed E-state index contributed by atoms with van der Waals surface area (Å²) in [4.78, 5) is 0. The molecule has 3 heteroatoms. The number of ether oxygens (including phenoxy) is 2. The molecule has 3 nitrogen and oxygen atoms in total. The maximum Gasteiger partial charge on any atom is 0.128 e. The maximum absolute atomic E-state index is 6.26. The normalized spacial score (nSPS) is 24.2. The molecule has 1 aromatic rings. The van der Waals surface area contributed by atoms with Crippen LogP contribution >= 0.6 is 0 Å². The van der Waals surface area contributed by atoms with E-state index in [-0.39, 0.29) is 6.04 Å². The van der Waals surface area contributed by atoms with Crippen LogP contribution in [0, 0.1) is 5.92 Å². The molecule has 0 spiro atoms. The molecule has 1 aliphatic carbocycles. The van der Waals surface area contributed by atoms with Crippen molar-refractivity contribution in [2.24, 2.45) is 11.7 Å². The zero-order valence-electron chi connectivity index (χ0n) is 12.9. The Balaban J connectivity index is 2.16. The molecule has 1 aromatic carbocycles. The third-order valence-electron chi connectivity index (χ3n) is 4.31. The monoisotopic (exact) mass is 277 g/mol. The number of hydrogen-bond donors (Lipinski definition) is 1. The van der Waals surface area contributed by atoms with Crippen LogP contribution in [-0.4, -0.2) is 13.2 Å². The van der Waals surface area contributed by atoms with Crippen molar-refractivity contribution in [3.8, 4) is 11.5 Å². The van der Waals surface area contributed by atoms with E-state index in [1.807, 2.05) is 25.1 Å². The van der Waals surface area contributed by atoms with Gasteiger partial charge in [-0.15, -0.1) is 0 Å². The Morgan fingerprint density at radius 2 is 2.05 bits per heavy atom. The Kier molecular flexibility index (Phi) is 5.30. The van der Waals surface area contributed by atoms with Gasteiger partial charge in [-0.25, -0.2) is 0 Å². The van der Waals surface area contributed by atoms with Gasteiger partial charge >= 0.3 is 0 Å². The lowest BCUT2D eigenvalue weighted by molar-refractivity contribution is 0.120. The van der Waals surface area contributed by atoms with Crippen LogP contribution < -0.4 is 15.2 Å². The SMILES string of the molecule is CCC1CCCC(Oc2cccc(OC)c2[C@@H](C)N)C1. The van der Waals surface area contributed by atoms with E-state index >= 15 is 0 Å². The van der Waals surface area contributed by atoms with Crippen molar-refractivity contribution in [3.63, 3.8) is 0 Å². The Labute approximate surface area is 122 Å². The van der Waals surface area contributed by atoms with Gasteiger partial charge in [0, 0.05) is 6.04 Å². The van der Waals surface area contributed by atoms with E-state index in [4.69, 9.17) is 15.2 Å². The van der Waals surface area contributed by atoms with E-state index in [0.29, 0.717) is 6.10 Å². The van der Waals surface area contributed by atoms with Crippen LogP contribution in [0.4, 0.5) is 0 Å². The second-order valence-corrected chi connectivity index (χ2v) is 5.84. The average molecular weight is 277 g/mol. The molecule has 20 heavy (non-hydrogen) atoms. The van der Waals surface area contributed by atoms with Crippen molar-refractivity contribution >= 4 is 0 Å². The van der Waals surface area contributed by atoms with Gasteiger partial charge in [-0.2, -0.15) is 0 Å². The van der Waals surface area contributed by atoms with Gasteiger partial charge in [0.2, 0.25) is 0 Å². The van der Waals surface area contributed by atoms with Crippen LogP contribution in [0.25, 0.3) is 0 Å². The Hall–Kier alpha value is -1.22. The first kappa shape index (κ1) is 15.2. The fourth-order valence-corrected chi connectivity index (χ4v) is 3.15. The molecule has 0 heterocycles. The second kappa shape index (κ2) is 6.98. The summed E-state index contributed by atoms with van der Waals surface area (Å²) in [5.41, 5.74) is 7.07. The van der Waals surface area contributed by atoms with Gasteiger partial charge < -0.3 is 15.2 Å². The maximum atomic E-state index is 6.26. The smallest absolute Gasteiger partial charge is 0.128 e. The summed E-state index contributed by atoms with van der Waals surface area (Å²) in [6.45, 7) is 4.24. The molecule has 0 amide bonds. The third-order valence-corrected chi connectivity index (χ3v) is 4.31. The number of methoxy groups -OCH3 is 1. The summed E-state index contributed by atoms with van der Waals surface area (Å²) >= 11 is 0. The Morgan fingerprint density at radius 1 is 1.30 bits per heavy atom. The van der Waals surface area contributed by atoms with Crippen molar-refractivity contribution in [3.05, 3.63) is 23.8 Å². The highest BCUT2D eigenvalue weighted by atomic mass is 16.5. The number of hydrogen-bond acceptors (Lipinski definition) is 3.